The Balaban J connectivity index is 0.964. The lowest BCUT2D eigenvalue weighted by atomic mass is 9.45. The van der Waals surface area contributed by atoms with Crippen LogP contribution in [0.3, 0.4) is 0 Å². The van der Waals surface area contributed by atoms with E-state index in [0.29, 0.717) is 103 Å². The summed E-state index contributed by atoms with van der Waals surface area (Å²) < 4.78 is 23.5. The molecule has 20 nitrogen and oxygen atoms in total. The molecule has 24 heteroatoms. The number of ether oxygens (including phenoxy) is 4. The molecule has 0 atom stereocenters. The van der Waals surface area contributed by atoms with Crippen LogP contribution >= 0.6 is 0 Å². The Morgan fingerprint density at radius 3 is 0.629 bits per heavy atom. The third-order valence-corrected chi connectivity index (χ3v) is 30.1. The van der Waals surface area contributed by atoms with Gasteiger partial charge in [-0.05, 0) is 232 Å². The Labute approximate surface area is 627 Å². The lowest BCUT2D eigenvalue weighted by Gasteiger charge is -2.60. The second-order valence-corrected chi connectivity index (χ2v) is 36.5. The van der Waals surface area contributed by atoms with Gasteiger partial charge in [-0.2, -0.15) is 19.2 Å². The van der Waals surface area contributed by atoms with Crippen LogP contribution in [-0.2, 0) is 58.0 Å². The fourth-order valence-electron chi connectivity index (χ4n) is 16.4. The van der Waals surface area contributed by atoms with Crippen molar-refractivity contribution >= 4 is 107 Å². The Morgan fingerprint density at radius 2 is 0.467 bits per heavy atom. The minimum Gasteiger partial charge on any atom is -0.428 e. The molecular formula is C81H108O20Si4. The minimum atomic E-state index is -1.13. The summed E-state index contributed by atoms with van der Waals surface area (Å²) in [6, 6.07) is 28.6. The van der Waals surface area contributed by atoms with E-state index in [4.69, 9.17) is 58.0 Å². The van der Waals surface area contributed by atoms with Crippen LogP contribution in [0, 0.1) is 29.1 Å². The molecule has 4 aromatic carbocycles. The summed E-state index contributed by atoms with van der Waals surface area (Å²) in [7, 11) is -2.72. The van der Waals surface area contributed by atoms with Crippen molar-refractivity contribution in [3.8, 4) is 0 Å². The summed E-state index contributed by atoms with van der Waals surface area (Å²) in [5, 5.41) is 10.4. The molecular weight excluding hydrogens is 1410 g/mol. The van der Waals surface area contributed by atoms with Crippen molar-refractivity contribution in [2.45, 2.75) is 234 Å². The zero-order valence-corrected chi connectivity index (χ0v) is 68.3. The zero-order valence-electron chi connectivity index (χ0n) is 62.6. The molecule has 4 saturated carbocycles. The zero-order chi connectivity index (χ0) is 75.1. The predicted molar refractivity (Wildman–Crippen MR) is 410 cm³/mol. The normalized spacial score (nSPS) is 21.9. The van der Waals surface area contributed by atoms with E-state index >= 15 is 0 Å². The molecule has 0 bridgehead atoms. The van der Waals surface area contributed by atoms with Crippen molar-refractivity contribution in [3.63, 3.8) is 0 Å². The SMILES string of the molecule is CC/C=C(\CC)[SiH2]c1ccc(C(=O)OOC(=O)OC2CCC(C(C3CCC(OC(=O)OOC(=O)c4ccc([SiH2]/C(=C/CC)CC)cc4)CC3)(C3CCC(OC(=O)OOC(=O)c4ccc([SiH2]/C(=C/CC)CC)cc4)CC3)C3CCC(OC(=O)OOC(=O)c4ccc([SiH2]/C(=C/CC)CC)cc4)CC3)CC2)cc1. The second-order valence-electron chi connectivity index (χ2n) is 28.2. The van der Waals surface area contributed by atoms with Gasteiger partial charge < -0.3 is 18.9 Å². The van der Waals surface area contributed by atoms with E-state index in [2.05, 4.69) is 79.7 Å². The highest BCUT2D eigenvalue weighted by molar-refractivity contribution is 6.62. The van der Waals surface area contributed by atoms with Crippen LogP contribution in [0.2, 0.25) is 0 Å². The van der Waals surface area contributed by atoms with Gasteiger partial charge in [-0.25, -0.2) is 58.3 Å². The van der Waals surface area contributed by atoms with Crippen molar-refractivity contribution in [3.05, 3.63) is 164 Å². The molecule has 4 fully saturated rings. The molecule has 105 heavy (non-hydrogen) atoms. The van der Waals surface area contributed by atoms with Gasteiger partial charge in [-0.3, -0.25) is 0 Å². The Morgan fingerprint density at radius 1 is 0.286 bits per heavy atom. The average molecular weight is 1510 g/mol. The van der Waals surface area contributed by atoms with Crippen molar-refractivity contribution in [1.82, 2.24) is 0 Å². The van der Waals surface area contributed by atoms with E-state index in [0.717, 1.165) is 51.4 Å². The maximum atomic E-state index is 13.3. The highest BCUT2D eigenvalue weighted by Gasteiger charge is 2.57. The maximum absolute atomic E-state index is 13.3. The van der Waals surface area contributed by atoms with Gasteiger partial charge in [0.2, 0.25) is 0 Å². The van der Waals surface area contributed by atoms with Gasteiger partial charge in [0.1, 0.15) is 24.4 Å². The molecule has 568 valence electrons. The molecule has 0 heterocycles. The van der Waals surface area contributed by atoms with Gasteiger partial charge in [0.25, 0.3) is 0 Å². The minimum absolute atomic E-state index is 0.0439. The molecule has 0 saturated heterocycles. The monoisotopic (exact) mass is 1510 g/mol. The van der Waals surface area contributed by atoms with Crippen molar-refractivity contribution in [2.24, 2.45) is 29.1 Å². The van der Waals surface area contributed by atoms with Crippen molar-refractivity contribution in [2.75, 3.05) is 0 Å². The lowest BCUT2D eigenvalue weighted by Crippen LogP contribution is -2.54. The fraction of sp³-hybridized carbons (Fsp3) is 0.506. The number of carbonyl (C=O) groups excluding carboxylic acids is 8. The van der Waals surface area contributed by atoms with Gasteiger partial charge in [0, 0.05) is 0 Å². The number of rotatable bonds is 28. The topological polar surface area (TPSA) is 247 Å². The molecule has 0 aromatic heterocycles. The van der Waals surface area contributed by atoms with Gasteiger partial charge in [-0.15, -0.1) is 0 Å². The summed E-state index contributed by atoms with van der Waals surface area (Å²) in [6.45, 7) is 17.0. The smallest absolute Gasteiger partial charge is 0.428 e. The first-order valence-electron chi connectivity index (χ1n) is 38.4. The molecule has 0 amide bonds. The van der Waals surface area contributed by atoms with Crippen LogP contribution in [-0.4, -0.2) is 111 Å². The molecule has 4 aliphatic rings. The number of allylic oxidation sites excluding steroid dienone is 8. The lowest BCUT2D eigenvalue weighted by molar-refractivity contribution is -0.213. The van der Waals surface area contributed by atoms with Crippen LogP contribution < -0.4 is 20.7 Å². The molecule has 0 radical (unpaired) electrons. The summed E-state index contributed by atoms with van der Waals surface area (Å²) in [5.41, 5.74) is 0.504. The molecule has 0 aliphatic heterocycles. The molecule has 0 spiro atoms. The van der Waals surface area contributed by atoms with Gasteiger partial charge in [0.05, 0.1) is 60.3 Å². The first-order chi connectivity index (χ1) is 50.9. The number of hydrogen-bond acceptors (Lipinski definition) is 20. The Bertz CT molecular complexity index is 3140. The molecule has 0 N–H and O–H groups in total. The third kappa shape index (κ3) is 24.9. The number of benzene rings is 4. The quantitative estimate of drug-likeness (QED) is 0.0168. The van der Waals surface area contributed by atoms with E-state index in [1.165, 1.54) is 41.5 Å². The summed E-state index contributed by atoms with van der Waals surface area (Å²) in [4.78, 5) is 146. The van der Waals surface area contributed by atoms with Gasteiger partial charge >= 0.3 is 48.5 Å². The van der Waals surface area contributed by atoms with Crippen LogP contribution in [0.4, 0.5) is 19.2 Å². The molecule has 4 aromatic rings. The Hall–Kier alpha value is -8.33. The maximum Gasteiger partial charge on any atom is 0.550 e. The van der Waals surface area contributed by atoms with E-state index in [1.807, 2.05) is 48.5 Å². The summed E-state index contributed by atoms with van der Waals surface area (Å²) in [5.74, 6) is -3.13. The first-order valence-corrected chi connectivity index (χ1v) is 44.0. The highest BCUT2D eigenvalue weighted by Crippen LogP contribution is 2.63. The predicted octanol–water partition coefficient (Wildman–Crippen LogP) is 13.9. The van der Waals surface area contributed by atoms with Crippen LogP contribution in [0.5, 0.6) is 0 Å². The average Bonchev–Trinajstić information content (AvgIpc) is 0.732. The van der Waals surface area contributed by atoms with Crippen molar-refractivity contribution in [1.29, 1.82) is 0 Å². The highest BCUT2D eigenvalue weighted by atomic mass is 28.2. The summed E-state index contributed by atoms with van der Waals surface area (Å²) in [6.07, 6.45) is 18.9. The van der Waals surface area contributed by atoms with Gasteiger partial charge in [-0.1, -0.05) is 170 Å². The standard InChI is InChI=1S/C81H108O20Si4/c1-9-17-65(13-5)102-69-45-21-53(22-46-69)73(82)94-98-77(86)90-61-37-29-57(30-38-61)81(58-31-39-62(40-32-58)91-78(87)99-95-74(83)54-23-47-70(48-24-54)103-66(14-6)18-10-2,59-33-41-63(42-34-59)92-79(88)100-96-75(84)55-25-49-71(50-26-55)104-67(15-7)19-11-3)60-35-43-64(44-36-60)93-80(89)101-97-76(85)56-27-51-72(52-28-56)105-68(16-8)20-12-4/h17-28,45-52,57-64H,9-16,29-44,102-105H2,1-8H3/b65-17+,66-18+,67-19+,68-20+. The summed E-state index contributed by atoms with van der Waals surface area (Å²) >= 11 is 0. The third-order valence-electron chi connectivity index (χ3n) is 21.6. The molecule has 4 aliphatic carbocycles. The van der Waals surface area contributed by atoms with E-state index in [1.54, 1.807) is 48.5 Å². The second kappa shape index (κ2) is 42.7. The number of hydrogen-bond donors (Lipinski definition) is 0. The Kier molecular flexibility index (Phi) is 33.5. The van der Waals surface area contributed by atoms with E-state index in [9.17, 15) is 38.4 Å². The van der Waals surface area contributed by atoms with E-state index in [-0.39, 0.29) is 45.9 Å². The largest absolute Gasteiger partial charge is 0.550 e. The van der Waals surface area contributed by atoms with Crippen LogP contribution in [0.25, 0.3) is 0 Å². The first kappa shape index (κ1) is 82.3. The van der Waals surface area contributed by atoms with Crippen LogP contribution in [0.1, 0.15) is 251 Å². The fourth-order valence-corrected chi connectivity index (χ4v) is 23.1. The van der Waals surface area contributed by atoms with Crippen molar-refractivity contribution < 1.29 is 96.4 Å². The molecule has 0 unspecified atom stereocenters. The van der Waals surface area contributed by atoms with Crippen LogP contribution in [0.15, 0.2) is 142 Å². The molecule has 8 rings (SSSR count). The number of carbonyl (C=O) groups is 8. The van der Waals surface area contributed by atoms with E-state index < -0.39 is 116 Å². The van der Waals surface area contributed by atoms with Gasteiger partial charge in [0.15, 0.2) is 0 Å².